The Kier molecular flexibility index (Phi) is 8.85. The van der Waals surface area contributed by atoms with E-state index in [0.717, 1.165) is 22.3 Å². The highest BCUT2D eigenvalue weighted by atomic mass is 16.5. The number of phenols is 1. The van der Waals surface area contributed by atoms with Crippen LogP contribution in [0.25, 0.3) is 0 Å². The average molecular weight is 468 g/mol. The summed E-state index contributed by atoms with van der Waals surface area (Å²) in [5, 5.41) is 17.7. The topological polar surface area (TPSA) is 100 Å². The van der Waals surface area contributed by atoms with Gasteiger partial charge in [0, 0.05) is 11.1 Å². The van der Waals surface area contributed by atoms with E-state index in [2.05, 4.69) is 15.8 Å². The van der Waals surface area contributed by atoms with Crippen molar-refractivity contribution in [1.82, 2.24) is 10.7 Å². The van der Waals surface area contributed by atoms with Gasteiger partial charge in [-0.05, 0) is 41.0 Å². The Labute approximate surface area is 202 Å². The highest BCUT2D eigenvalue weighted by Crippen LogP contribution is 2.39. The molecule has 0 aromatic heterocycles. The van der Waals surface area contributed by atoms with E-state index in [1.54, 1.807) is 13.1 Å². The molecule has 0 aliphatic carbocycles. The molecular weight excluding hydrogens is 430 g/mol. The summed E-state index contributed by atoms with van der Waals surface area (Å²) in [5.74, 6) is -0.0651. The molecule has 34 heavy (non-hydrogen) atoms. The van der Waals surface area contributed by atoms with Crippen LogP contribution in [-0.2, 0) is 20.4 Å². The van der Waals surface area contributed by atoms with Crippen LogP contribution in [0.1, 0.15) is 83.2 Å². The maximum atomic E-state index is 12.6. The van der Waals surface area contributed by atoms with Crippen LogP contribution in [0.3, 0.4) is 0 Å². The van der Waals surface area contributed by atoms with Gasteiger partial charge < -0.3 is 15.2 Å². The summed E-state index contributed by atoms with van der Waals surface area (Å²) in [6.07, 6.45) is 0.982. The molecule has 184 valence electrons. The van der Waals surface area contributed by atoms with Gasteiger partial charge in [0.05, 0.1) is 25.3 Å². The van der Waals surface area contributed by atoms with Crippen LogP contribution in [0.4, 0.5) is 4.79 Å². The number of aromatic hydroxyl groups is 1. The van der Waals surface area contributed by atoms with Crippen molar-refractivity contribution in [2.75, 3.05) is 6.61 Å². The van der Waals surface area contributed by atoms with Crippen molar-refractivity contribution in [1.29, 1.82) is 0 Å². The van der Waals surface area contributed by atoms with Crippen molar-refractivity contribution in [3.05, 3.63) is 64.7 Å². The lowest BCUT2D eigenvalue weighted by molar-refractivity contribution is -0.121. The lowest BCUT2D eigenvalue weighted by atomic mass is 9.78. The number of amides is 2. The number of nitrogens with zero attached hydrogens (tertiary/aromatic N) is 1. The number of carbonyl (C=O) groups excluding carboxylic acids is 2. The molecule has 0 spiro atoms. The summed E-state index contributed by atoms with van der Waals surface area (Å²) >= 11 is 0. The number of benzene rings is 2. The second-order valence-corrected chi connectivity index (χ2v) is 10.3. The Morgan fingerprint density at radius 2 is 1.59 bits per heavy atom. The van der Waals surface area contributed by atoms with E-state index < -0.39 is 12.1 Å². The lowest BCUT2D eigenvalue weighted by Crippen LogP contribution is -2.33. The number of ether oxygens (including phenoxy) is 1. The molecule has 0 bridgehead atoms. The number of carbonyl (C=O) groups is 2. The van der Waals surface area contributed by atoms with Gasteiger partial charge >= 0.3 is 6.09 Å². The molecule has 0 aliphatic rings. The first-order valence-electron chi connectivity index (χ1n) is 11.5. The van der Waals surface area contributed by atoms with E-state index in [4.69, 9.17) is 4.74 Å². The number of phenolic OH excluding ortho intramolecular Hbond substituents is 1. The SMILES string of the molecule is CCOC(=O)N[C@H](CC(=O)N/N=C\c1cc(C(C)(C)C)c(O)c(C(C)(C)C)c1)c1ccccc1. The normalized spacial score (nSPS) is 12.9. The van der Waals surface area contributed by atoms with Gasteiger partial charge in [0.15, 0.2) is 0 Å². The fourth-order valence-electron chi connectivity index (χ4n) is 3.54. The molecule has 7 heteroatoms. The number of rotatable bonds is 7. The highest BCUT2D eigenvalue weighted by Gasteiger charge is 2.26. The quantitative estimate of drug-likeness (QED) is 0.379. The molecule has 0 fully saturated rings. The van der Waals surface area contributed by atoms with Crippen LogP contribution in [0, 0.1) is 0 Å². The van der Waals surface area contributed by atoms with Gasteiger partial charge in [-0.3, -0.25) is 4.79 Å². The van der Waals surface area contributed by atoms with Crippen molar-refractivity contribution in [2.24, 2.45) is 5.10 Å². The zero-order valence-electron chi connectivity index (χ0n) is 21.2. The zero-order chi connectivity index (χ0) is 25.5. The minimum Gasteiger partial charge on any atom is -0.507 e. The van der Waals surface area contributed by atoms with E-state index in [0.29, 0.717) is 0 Å². The zero-order valence-corrected chi connectivity index (χ0v) is 21.2. The molecule has 0 unspecified atom stereocenters. The van der Waals surface area contributed by atoms with Gasteiger partial charge in [-0.15, -0.1) is 0 Å². The van der Waals surface area contributed by atoms with Crippen LogP contribution in [0.2, 0.25) is 0 Å². The fraction of sp³-hybridized carbons (Fsp3) is 0.444. The third-order valence-corrected chi connectivity index (χ3v) is 5.31. The van der Waals surface area contributed by atoms with Crippen molar-refractivity contribution < 1.29 is 19.4 Å². The summed E-state index contributed by atoms with van der Waals surface area (Å²) in [6, 6.07) is 12.4. The molecular formula is C27H37N3O4. The van der Waals surface area contributed by atoms with Crippen LogP contribution in [0.15, 0.2) is 47.6 Å². The number of alkyl carbamates (subject to hydrolysis) is 1. The van der Waals surface area contributed by atoms with Gasteiger partial charge in [0.2, 0.25) is 5.91 Å². The second-order valence-electron chi connectivity index (χ2n) is 10.3. The Balaban J connectivity index is 2.20. The Morgan fingerprint density at radius 3 is 2.09 bits per heavy atom. The van der Waals surface area contributed by atoms with Gasteiger partial charge in [0.1, 0.15) is 5.75 Å². The molecule has 0 aliphatic heterocycles. The van der Waals surface area contributed by atoms with E-state index in [1.807, 2.05) is 84.0 Å². The first-order valence-corrected chi connectivity index (χ1v) is 11.5. The first-order chi connectivity index (χ1) is 15.8. The number of hydrogen-bond donors (Lipinski definition) is 3. The Bertz CT molecular complexity index is 983. The monoisotopic (exact) mass is 467 g/mol. The summed E-state index contributed by atoms with van der Waals surface area (Å²) in [6.45, 7) is 14.2. The molecule has 0 heterocycles. The minimum atomic E-state index is -0.582. The first kappa shape index (κ1) is 26.9. The third kappa shape index (κ3) is 7.61. The molecule has 2 aromatic carbocycles. The maximum Gasteiger partial charge on any atom is 0.407 e. The van der Waals surface area contributed by atoms with Crippen LogP contribution >= 0.6 is 0 Å². The average Bonchev–Trinajstić information content (AvgIpc) is 2.73. The molecule has 3 N–H and O–H groups in total. The second kappa shape index (κ2) is 11.2. The fourth-order valence-corrected chi connectivity index (χ4v) is 3.54. The van der Waals surface area contributed by atoms with Crippen LogP contribution in [0.5, 0.6) is 5.75 Å². The van der Waals surface area contributed by atoms with Gasteiger partial charge in [-0.25, -0.2) is 10.2 Å². The molecule has 7 nitrogen and oxygen atoms in total. The predicted octanol–water partition coefficient (Wildman–Crippen LogP) is 5.31. The molecule has 0 saturated carbocycles. The third-order valence-electron chi connectivity index (χ3n) is 5.31. The van der Waals surface area contributed by atoms with Crippen LogP contribution < -0.4 is 10.7 Å². The summed E-state index contributed by atoms with van der Waals surface area (Å²) in [7, 11) is 0. The van der Waals surface area contributed by atoms with E-state index in [9.17, 15) is 14.7 Å². The van der Waals surface area contributed by atoms with E-state index in [1.165, 1.54) is 0 Å². The summed E-state index contributed by atoms with van der Waals surface area (Å²) in [4.78, 5) is 24.6. The molecule has 2 aromatic rings. The standard InChI is InChI=1S/C27H37N3O4/c1-8-34-25(33)29-22(19-12-10-9-11-13-19)16-23(31)30-28-17-18-14-20(26(2,3)4)24(32)21(15-18)27(5,6)7/h9-15,17,22,32H,8,16H2,1-7H3,(H,29,33)(H,30,31)/b28-17-/t22-/m1/s1. The predicted molar refractivity (Wildman–Crippen MR) is 135 cm³/mol. The number of nitrogens with one attached hydrogen (secondary N) is 2. The molecule has 0 radical (unpaired) electrons. The summed E-state index contributed by atoms with van der Waals surface area (Å²) < 4.78 is 4.97. The number of hydrazone groups is 1. The molecule has 0 saturated heterocycles. The molecule has 2 rings (SSSR count). The highest BCUT2D eigenvalue weighted by molar-refractivity contribution is 5.84. The van der Waals surface area contributed by atoms with E-state index in [-0.39, 0.29) is 35.5 Å². The molecule has 1 atom stereocenters. The van der Waals surface area contributed by atoms with Crippen molar-refractivity contribution >= 4 is 18.2 Å². The van der Waals surface area contributed by atoms with Crippen LogP contribution in [-0.4, -0.2) is 29.9 Å². The lowest BCUT2D eigenvalue weighted by Gasteiger charge is -2.27. The van der Waals surface area contributed by atoms with Gasteiger partial charge in [-0.1, -0.05) is 71.9 Å². The van der Waals surface area contributed by atoms with E-state index >= 15 is 0 Å². The Hall–Kier alpha value is -3.35. The maximum absolute atomic E-state index is 12.6. The smallest absolute Gasteiger partial charge is 0.407 e. The van der Waals surface area contributed by atoms with Crippen molar-refractivity contribution in [3.8, 4) is 5.75 Å². The van der Waals surface area contributed by atoms with Gasteiger partial charge in [0.25, 0.3) is 0 Å². The van der Waals surface area contributed by atoms with Gasteiger partial charge in [-0.2, -0.15) is 5.10 Å². The largest absolute Gasteiger partial charge is 0.507 e. The van der Waals surface area contributed by atoms with Crippen molar-refractivity contribution in [3.63, 3.8) is 0 Å². The minimum absolute atomic E-state index is 0.00374. The Morgan fingerprint density at radius 1 is 1.03 bits per heavy atom. The van der Waals surface area contributed by atoms with Crippen molar-refractivity contribution in [2.45, 2.75) is 71.8 Å². The summed E-state index contributed by atoms with van der Waals surface area (Å²) in [5.41, 5.74) is 5.21. The molecule has 2 amide bonds. The number of hydrogen-bond acceptors (Lipinski definition) is 5.